The van der Waals surface area contributed by atoms with Crippen molar-refractivity contribution in [1.29, 1.82) is 0 Å². The molecular formula is C15H21NO. The Morgan fingerprint density at radius 2 is 2.06 bits per heavy atom. The number of nitrogens with zero attached hydrogens (tertiary/aromatic N) is 1. The number of carbonyl (C=O) groups is 1. The molecule has 1 aromatic carbocycles. The van der Waals surface area contributed by atoms with Gasteiger partial charge in [0.2, 0.25) is 0 Å². The summed E-state index contributed by atoms with van der Waals surface area (Å²) >= 11 is 0. The molecule has 0 saturated carbocycles. The van der Waals surface area contributed by atoms with Crippen LogP contribution in [0.25, 0.3) is 0 Å². The van der Waals surface area contributed by atoms with Gasteiger partial charge < -0.3 is 4.79 Å². The average molecular weight is 231 g/mol. The zero-order chi connectivity index (χ0) is 12.1. The van der Waals surface area contributed by atoms with E-state index in [-0.39, 0.29) is 0 Å². The lowest BCUT2D eigenvalue weighted by Gasteiger charge is -2.40. The van der Waals surface area contributed by atoms with Crippen molar-refractivity contribution in [3.8, 4) is 0 Å². The number of hydrogen-bond donors (Lipinski definition) is 0. The van der Waals surface area contributed by atoms with E-state index in [9.17, 15) is 4.79 Å². The van der Waals surface area contributed by atoms with Crippen LogP contribution in [0.15, 0.2) is 30.3 Å². The van der Waals surface area contributed by atoms with Crippen molar-refractivity contribution in [1.82, 2.24) is 4.90 Å². The Morgan fingerprint density at radius 3 is 2.76 bits per heavy atom. The van der Waals surface area contributed by atoms with Gasteiger partial charge in [0.05, 0.1) is 0 Å². The first-order valence-electron chi connectivity index (χ1n) is 6.54. The van der Waals surface area contributed by atoms with Crippen molar-refractivity contribution in [3.05, 3.63) is 35.9 Å². The monoisotopic (exact) mass is 231 g/mol. The Labute approximate surface area is 104 Å². The minimum Gasteiger partial charge on any atom is -0.303 e. The molecule has 2 atom stereocenters. The Morgan fingerprint density at radius 1 is 1.29 bits per heavy atom. The van der Waals surface area contributed by atoms with Gasteiger partial charge in [-0.3, -0.25) is 4.90 Å². The van der Waals surface area contributed by atoms with Gasteiger partial charge in [-0.15, -0.1) is 0 Å². The first-order valence-corrected chi connectivity index (χ1v) is 6.54. The summed E-state index contributed by atoms with van der Waals surface area (Å²) in [6, 6.07) is 11.6. The van der Waals surface area contributed by atoms with Gasteiger partial charge >= 0.3 is 0 Å². The van der Waals surface area contributed by atoms with E-state index in [0.29, 0.717) is 18.5 Å². The minimum absolute atomic E-state index is 0.441. The minimum atomic E-state index is 0.441. The molecule has 0 radical (unpaired) electrons. The van der Waals surface area contributed by atoms with Gasteiger partial charge in [0.25, 0.3) is 0 Å². The highest BCUT2D eigenvalue weighted by atomic mass is 16.1. The van der Waals surface area contributed by atoms with E-state index in [2.05, 4.69) is 36.1 Å². The van der Waals surface area contributed by atoms with Crippen LogP contribution in [0.5, 0.6) is 0 Å². The van der Waals surface area contributed by atoms with Crippen molar-refractivity contribution in [3.63, 3.8) is 0 Å². The summed E-state index contributed by atoms with van der Waals surface area (Å²) in [5.74, 6) is 0. The molecule has 2 nitrogen and oxygen atoms in total. The molecule has 0 aliphatic carbocycles. The van der Waals surface area contributed by atoms with Gasteiger partial charge in [0.15, 0.2) is 0 Å². The van der Waals surface area contributed by atoms with Gasteiger partial charge in [-0.05, 0) is 25.3 Å². The average Bonchev–Trinajstić information content (AvgIpc) is 2.35. The lowest BCUT2D eigenvalue weighted by molar-refractivity contribution is -0.109. The number of carbonyl (C=O) groups excluding carboxylic acids is 1. The second kappa shape index (κ2) is 5.97. The molecule has 1 saturated heterocycles. The maximum atomic E-state index is 10.8. The van der Waals surface area contributed by atoms with Gasteiger partial charge in [-0.25, -0.2) is 0 Å². The number of likely N-dealkylation sites (tertiary alicyclic amines) is 1. The molecule has 1 fully saturated rings. The second-order valence-corrected chi connectivity index (χ2v) is 4.99. The van der Waals surface area contributed by atoms with E-state index >= 15 is 0 Å². The molecule has 2 unspecified atom stereocenters. The Bertz CT molecular complexity index is 349. The third-order valence-electron chi connectivity index (χ3n) is 3.77. The van der Waals surface area contributed by atoms with E-state index in [4.69, 9.17) is 0 Å². The molecule has 17 heavy (non-hydrogen) atoms. The molecule has 0 amide bonds. The summed E-state index contributed by atoms with van der Waals surface area (Å²) in [7, 11) is 0. The fourth-order valence-corrected chi connectivity index (χ4v) is 2.78. The van der Waals surface area contributed by atoms with Crippen molar-refractivity contribution in [2.24, 2.45) is 0 Å². The van der Waals surface area contributed by atoms with E-state index in [1.807, 2.05) is 6.07 Å². The molecule has 1 aromatic rings. The molecule has 0 N–H and O–H groups in total. The summed E-state index contributed by atoms with van der Waals surface area (Å²) in [6.07, 6.45) is 5.42. The SMILES string of the molecule is CC1CCCC(CC=O)N1Cc1ccccc1. The van der Waals surface area contributed by atoms with Crippen LogP contribution in [0.4, 0.5) is 0 Å². The fourth-order valence-electron chi connectivity index (χ4n) is 2.78. The Balaban J connectivity index is 2.06. The van der Waals surface area contributed by atoms with Gasteiger partial charge in [-0.1, -0.05) is 36.8 Å². The maximum absolute atomic E-state index is 10.8. The lowest BCUT2D eigenvalue weighted by Crippen LogP contribution is -2.44. The van der Waals surface area contributed by atoms with Crippen LogP contribution in [0.1, 0.15) is 38.2 Å². The molecule has 0 bridgehead atoms. The van der Waals surface area contributed by atoms with Crippen molar-refractivity contribution < 1.29 is 4.79 Å². The molecule has 0 spiro atoms. The summed E-state index contributed by atoms with van der Waals surface area (Å²) < 4.78 is 0. The predicted octanol–water partition coefficient (Wildman–Crippen LogP) is 3.02. The summed E-state index contributed by atoms with van der Waals surface area (Å²) in [5.41, 5.74) is 1.34. The second-order valence-electron chi connectivity index (χ2n) is 4.99. The van der Waals surface area contributed by atoms with Gasteiger partial charge in [0, 0.05) is 25.0 Å². The highest BCUT2D eigenvalue weighted by Crippen LogP contribution is 2.26. The van der Waals surface area contributed by atoms with Crippen LogP contribution < -0.4 is 0 Å². The summed E-state index contributed by atoms with van der Waals surface area (Å²) in [5, 5.41) is 0. The third-order valence-corrected chi connectivity index (χ3v) is 3.77. The number of benzene rings is 1. The molecule has 1 aliphatic rings. The Hall–Kier alpha value is -1.15. The molecule has 92 valence electrons. The van der Waals surface area contributed by atoms with Crippen molar-refractivity contribution in [2.75, 3.05) is 0 Å². The fraction of sp³-hybridized carbons (Fsp3) is 0.533. The number of piperidine rings is 1. The summed E-state index contributed by atoms with van der Waals surface area (Å²) in [4.78, 5) is 13.2. The van der Waals surface area contributed by atoms with Crippen molar-refractivity contribution >= 4 is 6.29 Å². The van der Waals surface area contributed by atoms with Crippen LogP contribution in [-0.4, -0.2) is 23.3 Å². The highest BCUT2D eigenvalue weighted by Gasteiger charge is 2.27. The maximum Gasteiger partial charge on any atom is 0.121 e. The third kappa shape index (κ3) is 3.16. The normalized spacial score (nSPS) is 25.7. The lowest BCUT2D eigenvalue weighted by atomic mass is 9.94. The smallest absolute Gasteiger partial charge is 0.121 e. The van der Waals surface area contributed by atoms with Crippen LogP contribution >= 0.6 is 0 Å². The van der Waals surface area contributed by atoms with Crippen LogP contribution in [0.3, 0.4) is 0 Å². The van der Waals surface area contributed by atoms with E-state index in [0.717, 1.165) is 19.3 Å². The zero-order valence-corrected chi connectivity index (χ0v) is 10.5. The quantitative estimate of drug-likeness (QED) is 0.742. The van der Waals surface area contributed by atoms with Crippen LogP contribution in [0, 0.1) is 0 Å². The number of rotatable bonds is 4. The topological polar surface area (TPSA) is 20.3 Å². The molecular weight excluding hydrogens is 210 g/mol. The first-order chi connectivity index (χ1) is 8.31. The Kier molecular flexibility index (Phi) is 4.32. The molecule has 0 aromatic heterocycles. The number of hydrogen-bond acceptors (Lipinski definition) is 2. The first kappa shape index (κ1) is 12.3. The zero-order valence-electron chi connectivity index (χ0n) is 10.5. The van der Waals surface area contributed by atoms with E-state index in [1.54, 1.807) is 0 Å². The predicted molar refractivity (Wildman–Crippen MR) is 69.8 cm³/mol. The van der Waals surface area contributed by atoms with Crippen molar-refractivity contribution in [2.45, 2.75) is 51.2 Å². The van der Waals surface area contributed by atoms with Gasteiger partial charge in [0.1, 0.15) is 6.29 Å². The van der Waals surface area contributed by atoms with Crippen LogP contribution in [-0.2, 0) is 11.3 Å². The molecule has 1 heterocycles. The number of aldehydes is 1. The highest BCUT2D eigenvalue weighted by molar-refractivity contribution is 5.50. The largest absolute Gasteiger partial charge is 0.303 e. The van der Waals surface area contributed by atoms with Gasteiger partial charge in [-0.2, -0.15) is 0 Å². The molecule has 2 rings (SSSR count). The molecule has 2 heteroatoms. The van der Waals surface area contributed by atoms with E-state index < -0.39 is 0 Å². The van der Waals surface area contributed by atoms with E-state index in [1.165, 1.54) is 18.4 Å². The van der Waals surface area contributed by atoms with Crippen LogP contribution in [0.2, 0.25) is 0 Å². The standard InChI is InChI=1S/C15H21NO/c1-13-6-5-9-15(10-11-17)16(13)12-14-7-3-2-4-8-14/h2-4,7-8,11,13,15H,5-6,9-10,12H2,1H3. The summed E-state index contributed by atoms with van der Waals surface area (Å²) in [6.45, 7) is 3.25. The molecule has 1 aliphatic heterocycles.